The van der Waals surface area contributed by atoms with Crippen molar-refractivity contribution in [3.8, 4) is 11.3 Å². The number of nitrogens with zero attached hydrogens (tertiary/aromatic N) is 3. The molecule has 1 atom stereocenters. The van der Waals surface area contributed by atoms with Gasteiger partial charge in [0.1, 0.15) is 0 Å². The molecule has 34 heavy (non-hydrogen) atoms. The van der Waals surface area contributed by atoms with Gasteiger partial charge in [0.25, 0.3) is 10.0 Å². The number of aromatic nitrogens is 2. The second kappa shape index (κ2) is 7.79. The van der Waals surface area contributed by atoms with Crippen LogP contribution < -0.4 is 4.31 Å². The van der Waals surface area contributed by atoms with Crippen molar-refractivity contribution in [2.75, 3.05) is 4.31 Å². The van der Waals surface area contributed by atoms with Gasteiger partial charge in [0.15, 0.2) is 11.6 Å². The summed E-state index contributed by atoms with van der Waals surface area (Å²) in [5.74, 6) is -2.40. The molecule has 5 nitrogen and oxygen atoms in total. The Morgan fingerprint density at radius 3 is 2.12 bits per heavy atom. The molecule has 0 spiro atoms. The standard InChI is InChI=1S/C23H22F5N3O2S/c1-5-19-16-12-29-31(22(2,3)4)21(16)15-10-17(24)18(25)11-20(15)30(19)34(32,33)14-8-6-13(7-9-14)23(26,27)28/h6-12,19H,5H2,1-4H3. The Labute approximate surface area is 193 Å². The number of hydrogen-bond donors (Lipinski definition) is 0. The Morgan fingerprint density at radius 1 is 1.00 bits per heavy atom. The van der Waals surface area contributed by atoms with E-state index < -0.39 is 49.9 Å². The zero-order valence-electron chi connectivity index (χ0n) is 18.8. The summed E-state index contributed by atoms with van der Waals surface area (Å²) in [7, 11) is -4.46. The van der Waals surface area contributed by atoms with Crippen LogP contribution in [0, 0.1) is 11.6 Å². The Hall–Kier alpha value is -2.95. The SMILES string of the molecule is CCC1c2cnn(C(C)(C)C)c2-c2cc(F)c(F)cc2N1S(=O)(=O)c1ccc(C(F)(F)F)cc1. The number of benzene rings is 2. The molecule has 1 aliphatic rings. The Morgan fingerprint density at radius 2 is 1.59 bits per heavy atom. The zero-order chi connectivity index (χ0) is 25.2. The number of alkyl halides is 3. The number of anilines is 1. The van der Waals surface area contributed by atoms with E-state index in [0.29, 0.717) is 23.4 Å². The molecule has 1 aromatic heterocycles. The van der Waals surface area contributed by atoms with E-state index >= 15 is 0 Å². The molecule has 0 N–H and O–H groups in total. The first kappa shape index (κ1) is 24.2. The van der Waals surface area contributed by atoms with Gasteiger partial charge in [-0.05, 0) is 57.5 Å². The summed E-state index contributed by atoms with van der Waals surface area (Å²) in [6, 6.07) is 3.96. The summed E-state index contributed by atoms with van der Waals surface area (Å²) in [6.07, 6.45) is -2.89. The van der Waals surface area contributed by atoms with Crippen LogP contribution in [0.4, 0.5) is 27.6 Å². The van der Waals surface area contributed by atoms with E-state index in [1.165, 1.54) is 6.20 Å². The van der Waals surface area contributed by atoms with Gasteiger partial charge in [-0.3, -0.25) is 8.99 Å². The summed E-state index contributed by atoms with van der Waals surface area (Å²) in [6.45, 7) is 7.33. The summed E-state index contributed by atoms with van der Waals surface area (Å²) in [4.78, 5) is -0.402. The van der Waals surface area contributed by atoms with Crippen LogP contribution in [0.5, 0.6) is 0 Å². The van der Waals surface area contributed by atoms with Crippen molar-refractivity contribution >= 4 is 15.7 Å². The molecule has 0 fully saturated rings. The average Bonchev–Trinajstić information content (AvgIpc) is 3.19. The molecule has 1 unspecified atom stereocenters. The van der Waals surface area contributed by atoms with Crippen molar-refractivity contribution in [1.29, 1.82) is 0 Å². The highest BCUT2D eigenvalue weighted by atomic mass is 32.2. The molecule has 0 bridgehead atoms. The first-order chi connectivity index (χ1) is 15.7. The predicted molar refractivity (Wildman–Crippen MR) is 117 cm³/mol. The minimum absolute atomic E-state index is 0.107. The van der Waals surface area contributed by atoms with Crippen LogP contribution in [0.15, 0.2) is 47.5 Å². The monoisotopic (exact) mass is 499 g/mol. The average molecular weight is 500 g/mol. The number of rotatable bonds is 3. The first-order valence-electron chi connectivity index (χ1n) is 10.5. The molecule has 0 radical (unpaired) electrons. The molecule has 4 rings (SSSR count). The van der Waals surface area contributed by atoms with Crippen LogP contribution in [-0.2, 0) is 21.7 Å². The van der Waals surface area contributed by atoms with Gasteiger partial charge in [-0.15, -0.1) is 0 Å². The number of fused-ring (bicyclic) bond motifs is 3. The Kier molecular flexibility index (Phi) is 5.54. The topological polar surface area (TPSA) is 55.2 Å². The van der Waals surface area contributed by atoms with Gasteiger partial charge in [-0.1, -0.05) is 6.92 Å². The third-order valence-electron chi connectivity index (χ3n) is 5.73. The van der Waals surface area contributed by atoms with E-state index in [9.17, 15) is 30.4 Å². The van der Waals surface area contributed by atoms with Gasteiger partial charge in [0.2, 0.25) is 0 Å². The minimum atomic E-state index is -4.64. The van der Waals surface area contributed by atoms with Gasteiger partial charge in [0.05, 0.1) is 39.6 Å². The fraction of sp³-hybridized carbons (Fsp3) is 0.348. The van der Waals surface area contributed by atoms with Gasteiger partial charge in [-0.2, -0.15) is 18.3 Å². The molecule has 0 aliphatic carbocycles. The summed E-state index contributed by atoms with van der Waals surface area (Å²) < 4.78 is 97.6. The lowest BCUT2D eigenvalue weighted by Crippen LogP contribution is -2.38. The van der Waals surface area contributed by atoms with Crippen LogP contribution in [-0.4, -0.2) is 18.2 Å². The molecule has 2 heterocycles. The second-order valence-electron chi connectivity index (χ2n) is 9.06. The smallest absolute Gasteiger partial charge is 0.259 e. The van der Waals surface area contributed by atoms with Crippen molar-refractivity contribution in [2.45, 2.75) is 56.8 Å². The fourth-order valence-electron chi connectivity index (χ4n) is 4.20. The van der Waals surface area contributed by atoms with Gasteiger partial charge < -0.3 is 0 Å². The molecule has 1 aliphatic heterocycles. The molecule has 2 aromatic carbocycles. The molecule has 3 aromatic rings. The van der Waals surface area contributed by atoms with Gasteiger partial charge in [-0.25, -0.2) is 17.2 Å². The van der Waals surface area contributed by atoms with E-state index in [1.54, 1.807) is 11.6 Å². The van der Waals surface area contributed by atoms with Crippen molar-refractivity contribution in [3.05, 3.63) is 65.4 Å². The lowest BCUT2D eigenvalue weighted by atomic mass is 9.93. The predicted octanol–water partition coefficient (Wildman–Crippen LogP) is 6.26. The molecule has 11 heteroatoms. The number of halogens is 5. The highest BCUT2D eigenvalue weighted by Gasteiger charge is 2.42. The summed E-state index contributed by atoms with van der Waals surface area (Å²) in [5.41, 5.74) is -0.578. The van der Waals surface area contributed by atoms with Crippen molar-refractivity contribution < 1.29 is 30.4 Å². The lowest BCUT2D eigenvalue weighted by molar-refractivity contribution is -0.137. The third kappa shape index (κ3) is 3.75. The maximum atomic E-state index is 14.4. The van der Waals surface area contributed by atoms with E-state index in [1.807, 2.05) is 20.8 Å². The van der Waals surface area contributed by atoms with E-state index in [2.05, 4.69) is 5.10 Å². The number of hydrogen-bond acceptors (Lipinski definition) is 3. The fourth-order valence-corrected chi connectivity index (χ4v) is 5.91. The Balaban J connectivity index is 1.97. The molecule has 0 saturated carbocycles. The maximum Gasteiger partial charge on any atom is 0.416 e. The van der Waals surface area contributed by atoms with Crippen molar-refractivity contribution in [1.82, 2.24) is 9.78 Å². The van der Waals surface area contributed by atoms with Gasteiger partial charge in [0, 0.05) is 17.2 Å². The number of sulfonamides is 1. The maximum absolute atomic E-state index is 14.4. The largest absolute Gasteiger partial charge is 0.416 e. The van der Waals surface area contributed by atoms with E-state index in [4.69, 9.17) is 0 Å². The molecule has 182 valence electrons. The summed E-state index contributed by atoms with van der Waals surface area (Å²) >= 11 is 0. The van der Waals surface area contributed by atoms with Crippen molar-refractivity contribution in [2.24, 2.45) is 0 Å². The van der Waals surface area contributed by atoms with Crippen LogP contribution in [0.2, 0.25) is 0 Å². The highest BCUT2D eigenvalue weighted by Crippen LogP contribution is 2.50. The molecule has 0 amide bonds. The molecular formula is C23H22F5N3O2S. The normalized spacial score (nSPS) is 16.4. The quantitative estimate of drug-likeness (QED) is 0.400. The summed E-state index contributed by atoms with van der Waals surface area (Å²) in [5, 5.41) is 4.40. The van der Waals surface area contributed by atoms with E-state index in [-0.39, 0.29) is 17.7 Å². The van der Waals surface area contributed by atoms with Gasteiger partial charge >= 0.3 is 6.18 Å². The van der Waals surface area contributed by atoms with Crippen LogP contribution in [0.25, 0.3) is 11.3 Å². The van der Waals surface area contributed by atoms with E-state index in [0.717, 1.165) is 28.6 Å². The first-order valence-corrected chi connectivity index (χ1v) is 11.9. The van der Waals surface area contributed by atoms with Crippen LogP contribution in [0.3, 0.4) is 0 Å². The van der Waals surface area contributed by atoms with Crippen molar-refractivity contribution in [3.63, 3.8) is 0 Å². The second-order valence-corrected chi connectivity index (χ2v) is 10.9. The molecular weight excluding hydrogens is 477 g/mol. The Bertz CT molecular complexity index is 1360. The third-order valence-corrected chi connectivity index (χ3v) is 7.57. The van der Waals surface area contributed by atoms with Crippen LogP contribution in [0.1, 0.15) is 51.3 Å². The minimum Gasteiger partial charge on any atom is -0.259 e. The van der Waals surface area contributed by atoms with Crippen LogP contribution >= 0.6 is 0 Å². The lowest BCUT2D eigenvalue weighted by Gasteiger charge is -2.38. The zero-order valence-corrected chi connectivity index (χ0v) is 19.6. The highest BCUT2D eigenvalue weighted by molar-refractivity contribution is 7.92. The molecule has 0 saturated heterocycles.